The highest BCUT2D eigenvalue weighted by Gasteiger charge is 2.16. The van der Waals surface area contributed by atoms with Gasteiger partial charge in [0.25, 0.3) is 5.91 Å². The molecule has 7 heteroatoms. The van der Waals surface area contributed by atoms with Gasteiger partial charge >= 0.3 is 0 Å². The van der Waals surface area contributed by atoms with Gasteiger partial charge in [0.2, 0.25) is 0 Å². The number of amides is 1. The monoisotopic (exact) mass is 321 g/mol. The van der Waals surface area contributed by atoms with Crippen LogP contribution in [0.3, 0.4) is 0 Å². The van der Waals surface area contributed by atoms with Crippen molar-refractivity contribution in [3.63, 3.8) is 0 Å². The summed E-state index contributed by atoms with van der Waals surface area (Å²) in [7, 11) is -2.15. The summed E-state index contributed by atoms with van der Waals surface area (Å²) in [6.07, 6.45) is 0. The maximum Gasteiger partial charge on any atom is 0.252 e. The van der Waals surface area contributed by atoms with Crippen LogP contribution >= 0.6 is 0 Å². The molecule has 1 amide bonds. The van der Waals surface area contributed by atoms with Crippen molar-refractivity contribution in [1.29, 1.82) is 0 Å². The summed E-state index contributed by atoms with van der Waals surface area (Å²) in [4.78, 5) is 12.0. The Morgan fingerprint density at radius 3 is 2.23 bits per heavy atom. The molecule has 0 aliphatic heterocycles. The fourth-order valence-corrected chi connectivity index (χ4v) is 2.78. The molecule has 0 aromatic heterocycles. The van der Waals surface area contributed by atoms with Crippen LogP contribution < -0.4 is 10.1 Å². The Labute approximate surface area is 128 Å². The van der Waals surface area contributed by atoms with Crippen LogP contribution in [0.15, 0.2) is 53.4 Å². The zero-order valence-electron chi connectivity index (χ0n) is 11.8. The highest BCUT2D eigenvalue weighted by Crippen LogP contribution is 2.16. The number of rotatable bonds is 5. The third-order valence-electron chi connectivity index (χ3n) is 2.97. The molecule has 0 atom stereocenters. The molecular formula is C15H15NO5S. The maximum atomic E-state index is 12.1. The van der Waals surface area contributed by atoms with Gasteiger partial charge in [0.05, 0.1) is 12.0 Å². The lowest BCUT2D eigenvalue weighted by Gasteiger charge is -2.08. The standard InChI is InChI=1S/C15H15NO5S/c1-21-13-6-8-14(9-7-13)22(19,20)10-16-15(18)11-2-4-12(17)5-3-11/h2-9,17H,10H2,1H3,(H,16,18). The van der Waals surface area contributed by atoms with Crippen molar-refractivity contribution in [1.82, 2.24) is 5.32 Å². The lowest BCUT2D eigenvalue weighted by molar-refractivity contribution is 0.0960. The summed E-state index contributed by atoms with van der Waals surface area (Å²) in [6.45, 7) is 0. The number of phenols is 1. The number of phenolic OH excluding ortho intramolecular Hbond substituents is 1. The number of sulfone groups is 1. The minimum absolute atomic E-state index is 0.0300. The fraction of sp³-hybridized carbons (Fsp3) is 0.133. The number of aromatic hydroxyl groups is 1. The highest BCUT2D eigenvalue weighted by atomic mass is 32.2. The Hall–Kier alpha value is -2.54. The first kappa shape index (κ1) is 15.8. The summed E-state index contributed by atoms with van der Waals surface area (Å²) in [6, 6.07) is 11.4. The van der Waals surface area contributed by atoms with Crippen molar-refractivity contribution in [2.45, 2.75) is 4.90 Å². The molecule has 2 aromatic rings. The van der Waals surface area contributed by atoms with Crippen LogP contribution in [0.1, 0.15) is 10.4 Å². The van der Waals surface area contributed by atoms with E-state index in [1.807, 2.05) is 0 Å². The van der Waals surface area contributed by atoms with Gasteiger partial charge in [-0.3, -0.25) is 4.79 Å². The third-order valence-corrected chi connectivity index (χ3v) is 4.49. The largest absolute Gasteiger partial charge is 0.508 e. The Morgan fingerprint density at radius 1 is 1.09 bits per heavy atom. The van der Waals surface area contributed by atoms with Crippen molar-refractivity contribution >= 4 is 15.7 Å². The molecule has 116 valence electrons. The van der Waals surface area contributed by atoms with Crippen molar-refractivity contribution in [3.05, 3.63) is 54.1 Å². The number of hydrogen-bond acceptors (Lipinski definition) is 5. The fourth-order valence-electron chi connectivity index (χ4n) is 1.74. The highest BCUT2D eigenvalue weighted by molar-refractivity contribution is 7.91. The minimum Gasteiger partial charge on any atom is -0.508 e. The smallest absolute Gasteiger partial charge is 0.252 e. The van der Waals surface area contributed by atoms with Gasteiger partial charge in [-0.2, -0.15) is 0 Å². The lowest BCUT2D eigenvalue weighted by atomic mass is 10.2. The van der Waals surface area contributed by atoms with Crippen molar-refractivity contribution in [2.24, 2.45) is 0 Å². The molecule has 2 aromatic carbocycles. The summed E-state index contributed by atoms with van der Waals surface area (Å²) < 4.78 is 29.2. The molecule has 0 radical (unpaired) electrons. The second-order valence-electron chi connectivity index (χ2n) is 4.49. The molecule has 0 saturated carbocycles. The van der Waals surface area contributed by atoms with Gasteiger partial charge in [0.15, 0.2) is 9.84 Å². The quantitative estimate of drug-likeness (QED) is 0.872. The minimum atomic E-state index is -3.63. The van der Waals surface area contributed by atoms with Crippen LogP contribution in [-0.4, -0.2) is 32.4 Å². The number of benzene rings is 2. The first-order chi connectivity index (χ1) is 10.4. The van der Waals surface area contributed by atoms with Gasteiger partial charge in [-0.25, -0.2) is 8.42 Å². The van der Waals surface area contributed by atoms with Crippen molar-refractivity contribution in [2.75, 3.05) is 13.0 Å². The zero-order chi connectivity index (χ0) is 16.2. The van der Waals surface area contributed by atoms with Crippen LogP contribution in [0.2, 0.25) is 0 Å². The number of ether oxygens (including phenoxy) is 1. The number of hydrogen-bond donors (Lipinski definition) is 2. The van der Waals surface area contributed by atoms with E-state index in [0.29, 0.717) is 5.75 Å². The first-order valence-electron chi connectivity index (χ1n) is 6.36. The van der Waals surface area contributed by atoms with Crippen LogP contribution in [0.25, 0.3) is 0 Å². The predicted octanol–water partition coefficient (Wildman–Crippen LogP) is 1.56. The molecule has 22 heavy (non-hydrogen) atoms. The molecule has 0 fully saturated rings. The average Bonchev–Trinajstić information content (AvgIpc) is 2.53. The molecule has 0 unspecified atom stereocenters. The normalized spacial score (nSPS) is 11.0. The van der Waals surface area contributed by atoms with Gasteiger partial charge < -0.3 is 15.2 Å². The van der Waals surface area contributed by atoms with Crippen LogP contribution in [0.5, 0.6) is 11.5 Å². The van der Waals surface area contributed by atoms with E-state index >= 15 is 0 Å². The molecule has 0 spiro atoms. The Morgan fingerprint density at radius 2 is 1.68 bits per heavy atom. The Balaban J connectivity index is 2.05. The van der Waals surface area contributed by atoms with Crippen molar-refractivity contribution < 1.29 is 23.1 Å². The third kappa shape index (κ3) is 3.76. The number of methoxy groups -OCH3 is 1. The van der Waals surface area contributed by atoms with Gasteiger partial charge in [-0.15, -0.1) is 0 Å². The van der Waals surface area contributed by atoms with Crippen LogP contribution in [-0.2, 0) is 9.84 Å². The summed E-state index contributed by atoms with van der Waals surface area (Å²) in [5.74, 6) is -0.467. The molecular weight excluding hydrogens is 306 g/mol. The van der Waals surface area contributed by atoms with Crippen LogP contribution in [0.4, 0.5) is 0 Å². The summed E-state index contributed by atoms with van der Waals surface area (Å²) in [5.41, 5.74) is 0.266. The topological polar surface area (TPSA) is 92.7 Å². The van der Waals surface area contributed by atoms with Crippen LogP contribution in [0, 0.1) is 0 Å². The number of nitrogens with one attached hydrogen (secondary N) is 1. The average molecular weight is 321 g/mol. The second-order valence-corrected chi connectivity index (χ2v) is 6.48. The van der Waals surface area contributed by atoms with E-state index in [1.54, 1.807) is 0 Å². The molecule has 2 N–H and O–H groups in total. The lowest BCUT2D eigenvalue weighted by Crippen LogP contribution is -2.29. The number of carbonyl (C=O) groups excluding carboxylic acids is 1. The molecule has 0 bridgehead atoms. The number of carbonyl (C=O) groups is 1. The van der Waals surface area contributed by atoms with E-state index in [2.05, 4.69) is 5.32 Å². The summed E-state index contributed by atoms with van der Waals surface area (Å²) >= 11 is 0. The zero-order valence-corrected chi connectivity index (χ0v) is 12.6. The maximum absolute atomic E-state index is 12.1. The van der Waals surface area contributed by atoms with Crippen molar-refractivity contribution in [3.8, 4) is 11.5 Å². The van der Waals surface area contributed by atoms with E-state index in [9.17, 15) is 13.2 Å². The van der Waals surface area contributed by atoms with E-state index in [4.69, 9.17) is 9.84 Å². The SMILES string of the molecule is COc1ccc(S(=O)(=O)CNC(=O)c2ccc(O)cc2)cc1. The van der Waals surface area contributed by atoms with E-state index in [1.165, 1.54) is 55.6 Å². The Kier molecular flexibility index (Phi) is 4.67. The molecule has 0 saturated heterocycles. The van der Waals surface area contributed by atoms with Gasteiger partial charge in [0, 0.05) is 5.56 Å². The van der Waals surface area contributed by atoms with E-state index in [0.717, 1.165) is 0 Å². The first-order valence-corrected chi connectivity index (χ1v) is 8.01. The van der Waals surface area contributed by atoms with Gasteiger partial charge in [-0.05, 0) is 48.5 Å². The predicted molar refractivity (Wildman–Crippen MR) is 80.6 cm³/mol. The molecule has 2 rings (SSSR count). The van der Waals surface area contributed by atoms with E-state index < -0.39 is 21.6 Å². The molecule has 0 aliphatic carbocycles. The second kappa shape index (κ2) is 6.48. The van der Waals surface area contributed by atoms with E-state index in [-0.39, 0.29) is 16.2 Å². The van der Waals surface area contributed by atoms with Gasteiger partial charge in [0.1, 0.15) is 17.4 Å². The molecule has 6 nitrogen and oxygen atoms in total. The Bertz CT molecular complexity index is 752. The summed E-state index contributed by atoms with van der Waals surface area (Å²) in [5, 5.41) is 11.5. The van der Waals surface area contributed by atoms with Gasteiger partial charge in [-0.1, -0.05) is 0 Å². The molecule has 0 heterocycles. The molecule has 0 aliphatic rings.